The van der Waals surface area contributed by atoms with Crippen molar-refractivity contribution in [3.63, 3.8) is 0 Å². The summed E-state index contributed by atoms with van der Waals surface area (Å²) in [5, 5.41) is 12.4. The van der Waals surface area contributed by atoms with Crippen LogP contribution in [0.5, 0.6) is 0 Å². The van der Waals surface area contributed by atoms with Gasteiger partial charge in [-0.3, -0.25) is 4.79 Å². The number of carbonyl (C=O) groups excluding carboxylic acids is 1. The second-order valence-electron chi connectivity index (χ2n) is 4.81. The van der Waals surface area contributed by atoms with E-state index < -0.39 is 0 Å². The minimum absolute atomic E-state index is 0.0148. The molecule has 1 aliphatic rings. The summed E-state index contributed by atoms with van der Waals surface area (Å²) >= 11 is 0. The second kappa shape index (κ2) is 5.32. The van der Waals surface area contributed by atoms with E-state index in [0.29, 0.717) is 18.9 Å². The summed E-state index contributed by atoms with van der Waals surface area (Å²) in [6.45, 7) is 2.39. The maximum Gasteiger partial charge on any atom is 0.224 e. The molecule has 1 aromatic carbocycles. The van der Waals surface area contributed by atoms with E-state index in [9.17, 15) is 9.90 Å². The highest BCUT2D eigenvalue weighted by molar-refractivity contribution is 5.78. The molecular weight excluding hydrogens is 214 g/mol. The van der Waals surface area contributed by atoms with Gasteiger partial charge in [0.1, 0.15) is 0 Å². The van der Waals surface area contributed by atoms with Crippen LogP contribution in [0.2, 0.25) is 0 Å². The number of amides is 1. The lowest BCUT2D eigenvalue weighted by Gasteiger charge is -2.11. The van der Waals surface area contributed by atoms with Crippen LogP contribution in [0.25, 0.3) is 0 Å². The lowest BCUT2D eigenvalue weighted by molar-refractivity contribution is -0.120. The standard InChI is InChI=1S/C14H19NO2/c1-10-4-2-3-5-12(10)8-14(17)15-9-13(16)11-6-7-11/h2-5,11,13,16H,6-9H2,1H3,(H,15,17). The summed E-state index contributed by atoms with van der Waals surface area (Å²) in [5.41, 5.74) is 2.18. The topological polar surface area (TPSA) is 49.3 Å². The third-order valence-electron chi connectivity index (χ3n) is 3.29. The maximum atomic E-state index is 11.7. The van der Waals surface area contributed by atoms with E-state index in [1.54, 1.807) is 0 Å². The minimum atomic E-state index is -0.365. The van der Waals surface area contributed by atoms with Gasteiger partial charge in [-0.2, -0.15) is 0 Å². The second-order valence-corrected chi connectivity index (χ2v) is 4.81. The van der Waals surface area contributed by atoms with Gasteiger partial charge in [-0.05, 0) is 36.8 Å². The molecule has 1 unspecified atom stereocenters. The quantitative estimate of drug-likeness (QED) is 0.808. The normalized spacial score (nSPS) is 16.6. The zero-order chi connectivity index (χ0) is 12.3. The molecule has 0 aliphatic heterocycles. The van der Waals surface area contributed by atoms with Crippen LogP contribution < -0.4 is 5.32 Å². The molecule has 92 valence electrons. The van der Waals surface area contributed by atoms with Gasteiger partial charge in [0.2, 0.25) is 5.91 Å². The highest BCUT2D eigenvalue weighted by Gasteiger charge is 2.29. The summed E-state index contributed by atoms with van der Waals surface area (Å²) in [4.78, 5) is 11.7. The fourth-order valence-corrected chi connectivity index (χ4v) is 1.91. The van der Waals surface area contributed by atoms with Crippen LogP contribution in [0, 0.1) is 12.8 Å². The Labute approximate surface area is 102 Å². The van der Waals surface area contributed by atoms with Crippen molar-refractivity contribution in [1.82, 2.24) is 5.32 Å². The Morgan fingerprint density at radius 2 is 2.18 bits per heavy atom. The van der Waals surface area contributed by atoms with E-state index in [1.165, 1.54) is 0 Å². The summed E-state index contributed by atoms with van der Waals surface area (Å²) in [7, 11) is 0. The zero-order valence-corrected chi connectivity index (χ0v) is 10.1. The number of hydrogen-bond donors (Lipinski definition) is 2. The molecule has 0 saturated heterocycles. The highest BCUT2D eigenvalue weighted by atomic mass is 16.3. The highest BCUT2D eigenvalue weighted by Crippen LogP contribution is 2.32. The summed E-state index contributed by atoms with van der Waals surface area (Å²) in [5.74, 6) is 0.396. The molecule has 1 fully saturated rings. The van der Waals surface area contributed by atoms with E-state index in [0.717, 1.165) is 24.0 Å². The van der Waals surface area contributed by atoms with Crippen LogP contribution in [0.4, 0.5) is 0 Å². The Kier molecular flexibility index (Phi) is 3.79. The Morgan fingerprint density at radius 1 is 1.47 bits per heavy atom. The van der Waals surface area contributed by atoms with Gasteiger partial charge in [0, 0.05) is 6.54 Å². The van der Waals surface area contributed by atoms with Crippen LogP contribution in [-0.4, -0.2) is 23.7 Å². The number of aryl methyl sites for hydroxylation is 1. The predicted octanol–water partition coefficient (Wildman–Crippen LogP) is 1.42. The molecule has 1 atom stereocenters. The molecular formula is C14H19NO2. The maximum absolute atomic E-state index is 11.7. The third kappa shape index (κ3) is 3.56. The average Bonchev–Trinajstić information content (AvgIpc) is 3.13. The van der Waals surface area contributed by atoms with Gasteiger partial charge in [0.05, 0.1) is 12.5 Å². The van der Waals surface area contributed by atoms with E-state index in [1.807, 2.05) is 31.2 Å². The van der Waals surface area contributed by atoms with E-state index in [4.69, 9.17) is 0 Å². The molecule has 2 rings (SSSR count). The van der Waals surface area contributed by atoms with Crippen LogP contribution in [-0.2, 0) is 11.2 Å². The Bertz CT molecular complexity index is 399. The minimum Gasteiger partial charge on any atom is -0.391 e. The SMILES string of the molecule is Cc1ccccc1CC(=O)NCC(O)C1CC1. The largest absolute Gasteiger partial charge is 0.391 e. The van der Waals surface area contributed by atoms with E-state index in [2.05, 4.69) is 5.32 Å². The van der Waals surface area contributed by atoms with Crippen molar-refractivity contribution in [2.24, 2.45) is 5.92 Å². The number of aliphatic hydroxyl groups excluding tert-OH is 1. The molecule has 0 heterocycles. The van der Waals surface area contributed by atoms with Crippen molar-refractivity contribution in [2.75, 3.05) is 6.54 Å². The number of carbonyl (C=O) groups is 1. The molecule has 3 heteroatoms. The fraction of sp³-hybridized carbons (Fsp3) is 0.500. The van der Waals surface area contributed by atoms with Gasteiger partial charge < -0.3 is 10.4 Å². The van der Waals surface area contributed by atoms with Crippen molar-refractivity contribution in [3.05, 3.63) is 35.4 Å². The van der Waals surface area contributed by atoms with Crippen LogP contribution in [0.1, 0.15) is 24.0 Å². The molecule has 2 N–H and O–H groups in total. The lowest BCUT2D eigenvalue weighted by atomic mass is 10.1. The molecule has 17 heavy (non-hydrogen) atoms. The first-order valence-electron chi connectivity index (χ1n) is 6.16. The van der Waals surface area contributed by atoms with Crippen molar-refractivity contribution in [1.29, 1.82) is 0 Å². The number of hydrogen-bond acceptors (Lipinski definition) is 2. The Morgan fingerprint density at radius 3 is 2.82 bits per heavy atom. The molecule has 1 aliphatic carbocycles. The molecule has 1 saturated carbocycles. The smallest absolute Gasteiger partial charge is 0.224 e. The van der Waals surface area contributed by atoms with Crippen LogP contribution in [0.3, 0.4) is 0 Å². The van der Waals surface area contributed by atoms with E-state index >= 15 is 0 Å². The van der Waals surface area contributed by atoms with Crippen molar-refractivity contribution < 1.29 is 9.90 Å². The number of nitrogens with one attached hydrogen (secondary N) is 1. The van der Waals surface area contributed by atoms with Crippen LogP contribution >= 0.6 is 0 Å². The fourth-order valence-electron chi connectivity index (χ4n) is 1.91. The third-order valence-corrected chi connectivity index (χ3v) is 3.29. The molecule has 0 spiro atoms. The van der Waals surface area contributed by atoms with Gasteiger partial charge >= 0.3 is 0 Å². The predicted molar refractivity (Wildman–Crippen MR) is 66.6 cm³/mol. The number of benzene rings is 1. The molecule has 0 radical (unpaired) electrons. The molecule has 1 aromatic rings. The van der Waals surface area contributed by atoms with Crippen LogP contribution in [0.15, 0.2) is 24.3 Å². The first kappa shape index (κ1) is 12.1. The molecule has 3 nitrogen and oxygen atoms in total. The van der Waals surface area contributed by atoms with Gasteiger partial charge in [-0.15, -0.1) is 0 Å². The van der Waals surface area contributed by atoms with E-state index in [-0.39, 0.29) is 12.0 Å². The van der Waals surface area contributed by atoms with Gasteiger partial charge in [-0.25, -0.2) is 0 Å². The number of aliphatic hydroxyl groups is 1. The summed E-state index contributed by atoms with van der Waals surface area (Å²) in [6.07, 6.45) is 2.21. The summed E-state index contributed by atoms with van der Waals surface area (Å²) < 4.78 is 0. The molecule has 0 aromatic heterocycles. The average molecular weight is 233 g/mol. The first-order valence-corrected chi connectivity index (χ1v) is 6.16. The zero-order valence-electron chi connectivity index (χ0n) is 10.1. The molecule has 1 amide bonds. The van der Waals surface area contributed by atoms with Crippen molar-refractivity contribution >= 4 is 5.91 Å². The lowest BCUT2D eigenvalue weighted by Crippen LogP contribution is -2.34. The Hall–Kier alpha value is -1.35. The van der Waals surface area contributed by atoms with Gasteiger partial charge in [0.15, 0.2) is 0 Å². The van der Waals surface area contributed by atoms with Gasteiger partial charge in [0.25, 0.3) is 0 Å². The van der Waals surface area contributed by atoms with Crippen molar-refractivity contribution in [2.45, 2.75) is 32.3 Å². The summed E-state index contributed by atoms with van der Waals surface area (Å²) in [6, 6.07) is 7.87. The molecule has 0 bridgehead atoms. The van der Waals surface area contributed by atoms with Crippen molar-refractivity contribution in [3.8, 4) is 0 Å². The Balaban J connectivity index is 1.78. The van der Waals surface area contributed by atoms with Gasteiger partial charge in [-0.1, -0.05) is 24.3 Å². The monoisotopic (exact) mass is 233 g/mol. The first-order chi connectivity index (χ1) is 8.16. The number of rotatable bonds is 5.